The Morgan fingerprint density at radius 2 is 1.92 bits per heavy atom. The van der Waals surface area contributed by atoms with Gasteiger partial charge in [-0.05, 0) is 41.8 Å². The number of amides is 1. The third kappa shape index (κ3) is 6.40. The number of carbonyl (C=O) groups excluding carboxylic acids is 1. The fourth-order valence-electron chi connectivity index (χ4n) is 3.36. The first-order chi connectivity index (χ1) is 17.1. The lowest BCUT2D eigenvalue weighted by Crippen LogP contribution is -2.23. The minimum absolute atomic E-state index is 0.191. The molecule has 36 heavy (non-hydrogen) atoms. The second-order valence-electron chi connectivity index (χ2n) is 7.63. The van der Waals surface area contributed by atoms with Gasteiger partial charge in [-0.15, -0.1) is 0 Å². The van der Waals surface area contributed by atoms with Crippen molar-refractivity contribution in [1.29, 1.82) is 0 Å². The van der Waals surface area contributed by atoms with E-state index in [1.165, 1.54) is 0 Å². The highest BCUT2D eigenvalue weighted by Crippen LogP contribution is 2.26. The Kier molecular flexibility index (Phi) is 8.30. The summed E-state index contributed by atoms with van der Waals surface area (Å²) in [6.07, 6.45) is -0.523. The Balaban J connectivity index is 0.000000454. The number of nitrogens with one attached hydrogen (secondary N) is 2. The highest BCUT2D eigenvalue weighted by molar-refractivity contribution is 6.05. The van der Waals surface area contributed by atoms with Gasteiger partial charge < -0.3 is 15.2 Å². The number of benzene rings is 2. The monoisotopic (exact) mass is 503 g/mol. The lowest BCUT2D eigenvalue weighted by atomic mass is 10.1. The van der Waals surface area contributed by atoms with E-state index >= 15 is 0 Å². The summed E-state index contributed by atoms with van der Waals surface area (Å²) in [5.74, 6) is -2.18. The van der Waals surface area contributed by atoms with E-state index in [1.807, 2.05) is 47.3 Å². The topological polar surface area (TPSA) is 122 Å². The number of ether oxygens (including phenoxy) is 1. The van der Waals surface area contributed by atoms with Crippen molar-refractivity contribution in [2.24, 2.45) is 0 Å². The quantitative estimate of drug-likeness (QED) is 0.344. The van der Waals surface area contributed by atoms with E-state index in [2.05, 4.69) is 33.6 Å². The molecule has 4 aromatic rings. The number of fused-ring (bicyclic) bond motifs is 1. The first-order valence-corrected chi connectivity index (χ1v) is 10.8. The van der Waals surface area contributed by atoms with Crippen LogP contribution in [0.25, 0.3) is 22.0 Å². The van der Waals surface area contributed by atoms with Crippen LogP contribution in [0.5, 0.6) is 5.75 Å². The largest absolute Gasteiger partial charge is 0.497 e. The SMILES string of the molecule is CCCn1nc(C(=O)NCc2cccc(OC)c2)c2ccc(-c3cn[nH]c3)cc21.O=C(O)C(F)(F)F. The molecule has 0 saturated carbocycles. The molecule has 12 heteroatoms. The highest BCUT2D eigenvalue weighted by Gasteiger charge is 2.38. The van der Waals surface area contributed by atoms with Crippen LogP contribution in [0, 0.1) is 0 Å². The van der Waals surface area contributed by atoms with Crippen LogP contribution in [0.3, 0.4) is 0 Å². The Morgan fingerprint density at radius 3 is 2.53 bits per heavy atom. The van der Waals surface area contributed by atoms with Gasteiger partial charge in [-0.3, -0.25) is 14.6 Å². The molecule has 0 saturated heterocycles. The average molecular weight is 503 g/mol. The molecule has 0 aliphatic rings. The van der Waals surface area contributed by atoms with E-state index in [9.17, 15) is 18.0 Å². The average Bonchev–Trinajstić information content (AvgIpc) is 3.51. The molecule has 0 spiro atoms. The van der Waals surface area contributed by atoms with Gasteiger partial charge in [0, 0.05) is 30.2 Å². The number of alkyl halides is 3. The van der Waals surface area contributed by atoms with E-state index in [1.54, 1.807) is 13.3 Å². The van der Waals surface area contributed by atoms with Crippen molar-refractivity contribution in [3.8, 4) is 16.9 Å². The number of carboxylic acid groups (broad SMARTS) is 1. The standard InChI is InChI=1S/C22H23N5O2.C2HF3O2/c1-3-9-27-20-11-16(17-13-24-25-14-17)7-8-19(20)21(26-27)22(28)23-12-15-5-4-6-18(10-15)29-2;3-2(4,5)1(6)7/h4-8,10-11,13-14H,3,9,12H2,1-2H3,(H,23,28)(H,24,25);(H,6,7). The van der Waals surface area contributed by atoms with E-state index in [4.69, 9.17) is 14.6 Å². The van der Waals surface area contributed by atoms with Crippen LogP contribution < -0.4 is 10.1 Å². The molecule has 2 aromatic heterocycles. The number of hydrogen-bond donors (Lipinski definition) is 3. The third-order valence-corrected chi connectivity index (χ3v) is 5.06. The molecule has 4 rings (SSSR count). The van der Waals surface area contributed by atoms with Gasteiger partial charge in [0.15, 0.2) is 5.69 Å². The molecule has 0 unspecified atom stereocenters. The molecule has 0 radical (unpaired) electrons. The second kappa shape index (κ2) is 11.4. The maximum atomic E-state index is 12.9. The van der Waals surface area contributed by atoms with Crippen LogP contribution >= 0.6 is 0 Å². The minimum Gasteiger partial charge on any atom is -0.497 e. The zero-order valence-electron chi connectivity index (χ0n) is 19.5. The second-order valence-corrected chi connectivity index (χ2v) is 7.63. The Morgan fingerprint density at radius 1 is 1.17 bits per heavy atom. The number of aryl methyl sites for hydroxylation is 1. The first-order valence-electron chi connectivity index (χ1n) is 10.8. The Labute approximate surface area is 203 Å². The number of rotatable bonds is 7. The van der Waals surface area contributed by atoms with Crippen LogP contribution in [0.4, 0.5) is 13.2 Å². The molecule has 0 bridgehead atoms. The molecule has 9 nitrogen and oxygen atoms in total. The molecular weight excluding hydrogens is 479 g/mol. The van der Waals surface area contributed by atoms with Crippen LogP contribution in [-0.4, -0.2) is 50.2 Å². The summed E-state index contributed by atoms with van der Waals surface area (Å²) in [4.78, 5) is 21.8. The molecule has 3 N–H and O–H groups in total. The molecule has 2 aromatic carbocycles. The summed E-state index contributed by atoms with van der Waals surface area (Å²) >= 11 is 0. The number of methoxy groups -OCH3 is 1. The van der Waals surface area contributed by atoms with Crippen LogP contribution in [0.15, 0.2) is 54.9 Å². The molecule has 0 aliphatic carbocycles. The van der Waals surface area contributed by atoms with Crippen molar-refractivity contribution in [1.82, 2.24) is 25.3 Å². The number of aliphatic carboxylic acids is 1. The number of nitrogens with zero attached hydrogens (tertiary/aromatic N) is 3. The van der Waals surface area contributed by atoms with Crippen molar-refractivity contribution >= 4 is 22.8 Å². The van der Waals surface area contributed by atoms with Crippen LogP contribution in [0.2, 0.25) is 0 Å². The van der Waals surface area contributed by atoms with Gasteiger partial charge in [-0.2, -0.15) is 23.4 Å². The van der Waals surface area contributed by atoms with Crippen LogP contribution in [-0.2, 0) is 17.9 Å². The van der Waals surface area contributed by atoms with Gasteiger partial charge >= 0.3 is 12.1 Å². The van der Waals surface area contributed by atoms with E-state index in [0.717, 1.165) is 46.3 Å². The molecule has 0 aliphatic heterocycles. The van der Waals surface area contributed by atoms with Gasteiger partial charge in [0.2, 0.25) is 0 Å². The van der Waals surface area contributed by atoms with Crippen LogP contribution in [0.1, 0.15) is 29.4 Å². The van der Waals surface area contributed by atoms with E-state index in [-0.39, 0.29) is 5.91 Å². The van der Waals surface area contributed by atoms with Crippen molar-refractivity contribution in [2.75, 3.05) is 7.11 Å². The maximum Gasteiger partial charge on any atom is 0.490 e. The Hall–Kier alpha value is -4.35. The Bertz CT molecular complexity index is 1330. The number of carboxylic acids is 1. The molecule has 0 atom stereocenters. The lowest BCUT2D eigenvalue weighted by Gasteiger charge is -2.06. The number of hydrogen-bond acceptors (Lipinski definition) is 5. The number of aromatic amines is 1. The van der Waals surface area contributed by atoms with Gasteiger partial charge in [0.05, 0.1) is 18.8 Å². The molecule has 190 valence electrons. The van der Waals surface area contributed by atoms with Crippen molar-refractivity contribution in [3.05, 3.63) is 66.1 Å². The molecule has 2 heterocycles. The number of carbonyl (C=O) groups is 2. The summed E-state index contributed by atoms with van der Waals surface area (Å²) in [7, 11) is 1.63. The van der Waals surface area contributed by atoms with Gasteiger partial charge in [0.1, 0.15) is 5.75 Å². The van der Waals surface area contributed by atoms with Crippen molar-refractivity contribution in [2.45, 2.75) is 32.6 Å². The fourth-order valence-corrected chi connectivity index (χ4v) is 3.36. The van der Waals surface area contributed by atoms with E-state index < -0.39 is 12.1 Å². The predicted molar refractivity (Wildman–Crippen MR) is 125 cm³/mol. The summed E-state index contributed by atoms with van der Waals surface area (Å²) in [6, 6.07) is 13.6. The van der Waals surface area contributed by atoms with E-state index in [0.29, 0.717) is 12.2 Å². The molecular formula is C24H24F3N5O4. The summed E-state index contributed by atoms with van der Waals surface area (Å²) in [5, 5.41) is 22.4. The van der Waals surface area contributed by atoms with Gasteiger partial charge in [0.25, 0.3) is 5.91 Å². The predicted octanol–water partition coefficient (Wildman–Crippen LogP) is 4.41. The highest BCUT2D eigenvalue weighted by atomic mass is 19.4. The van der Waals surface area contributed by atoms with Crippen molar-refractivity contribution in [3.63, 3.8) is 0 Å². The number of halogens is 3. The zero-order chi connectivity index (χ0) is 26.3. The summed E-state index contributed by atoms with van der Waals surface area (Å²) in [6.45, 7) is 3.25. The minimum atomic E-state index is -5.08. The normalized spacial score (nSPS) is 11.0. The molecule has 1 amide bonds. The van der Waals surface area contributed by atoms with Gasteiger partial charge in [-0.25, -0.2) is 4.79 Å². The maximum absolute atomic E-state index is 12.9. The number of H-pyrrole nitrogens is 1. The summed E-state index contributed by atoms with van der Waals surface area (Å²) in [5.41, 5.74) is 4.39. The smallest absolute Gasteiger partial charge is 0.490 e. The fraction of sp³-hybridized carbons (Fsp3) is 0.250. The lowest BCUT2D eigenvalue weighted by molar-refractivity contribution is -0.192. The first kappa shape index (κ1) is 26.3. The van der Waals surface area contributed by atoms with Crippen molar-refractivity contribution < 1.29 is 32.6 Å². The third-order valence-electron chi connectivity index (χ3n) is 5.06. The zero-order valence-corrected chi connectivity index (χ0v) is 19.5. The van der Waals surface area contributed by atoms with Gasteiger partial charge in [-0.1, -0.05) is 25.1 Å². The molecule has 0 fully saturated rings. The number of aromatic nitrogens is 4. The summed E-state index contributed by atoms with van der Waals surface area (Å²) < 4.78 is 38.9.